The van der Waals surface area contributed by atoms with Crippen molar-refractivity contribution >= 4 is 11.4 Å². The lowest BCUT2D eigenvalue weighted by atomic mass is 9.91. The van der Waals surface area contributed by atoms with Crippen molar-refractivity contribution in [2.75, 3.05) is 24.7 Å². The summed E-state index contributed by atoms with van der Waals surface area (Å²) in [4.78, 5) is 12.7. The second-order valence-electron chi connectivity index (χ2n) is 4.88. The molecule has 1 fully saturated rings. The van der Waals surface area contributed by atoms with Crippen molar-refractivity contribution in [2.45, 2.75) is 32.2 Å². The van der Waals surface area contributed by atoms with Crippen LogP contribution in [0.5, 0.6) is 5.75 Å². The average Bonchev–Trinajstić information content (AvgIpc) is 2.36. The van der Waals surface area contributed by atoms with E-state index in [0.29, 0.717) is 24.9 Å². The molecule has 0 unspecified atom stereocenters. The number of aliphatic hydroxyl groups excluding tert-OH is 1. The summed E-state index contributed by atoms with van der Waals surface area (Å²) >= 11 is 0. The number of ether oxygens (including phenoxy) is 1. The second kappa shape index (κ2) is 6.56. The van der Waals surface area contributed by atoms with Gasteiger partial charge in [-0.3, -0.25) is 10.1 Å². The second-order valence-corrected chi connectivity index (χ2v) is 4.88. The zero-order chi connectivity index (χ0) is 14.5. The molecule has 20 heavy (non-hydrogen) atoms. The zero-order valence-electron chi connectivity index (χ0n) is 11.6. The number of nitro benzene ring substituents is 1. The fourth-order valence-corrected chi connectivity index (χ4v) is 2.42. The van der Waals surface area contributed by atoms with E-state index in [-0.39, 0.29) is 12.3 Å². The zero-order valence-corrected chi connectivity index (χ0v) is 11.6. The monoisotopic (exact) mass is 280 g/mol. The van der Waals surface area contributed by atoms with Gasteiger partial charge in [0, 0.05) is 30.4 Å². The normalized spacial score (nSPS) is 14.7. The SMILES string of the molecule is CCOc1cc(N(CCO)C2CCC2)cc([N+](=O)[O-])c1. The van der Waals surface area contributed by atoms with Crippen LogP contribution in [0.1, 0.15) is 26.2 Å². The number of nitro groups is 1. The number of nitrogens with zero attached hydrogens (tertiary/aromatic N) is 2. The van der Waals surface area contributed by atoms with Crippen LogP contribution in [0.25, 0.3) is 0 Å². The van der Waals surface area contributed by atoms with Gasteiger partial charge in [-0.05, 0) is 26.2 Å². The molecule has 0 amide bonds. The van der Waals surface area contributed by atoms with Crippen molar-refractivity contribution in [1.82, 2.24) is 0 Å². The number of hydrogen-bond acceptors (Lipinski definition) is 5. The van der Waals surface area contributed by atoms with Crippen LogP contribution in [0.4, 0.5) is 11.4 Å². The minimum absolute atomic E-state index is 0.0215. The topological polar surface area (TPSA) is 75.8 Å². The van der Waals surface area contributed by atoms with Crippen molar-refractivity contribution in [2.24, 2.45) is 0 Å². The van der Waals surface area contributed by atoms with Gasteiger partial charge in [-0.2, -0.15) is 0 Å². The highest BCUT2D eigenvalue weighted by atomic mass is 16.6. The standard InChI is InChI=1S/C14H20N2O4/c1-2-20-14-9-12(8-13(10-14)16(18)19)15(6-7-17)11-4-3-5-11/h8-11,17H,2-7H2,1H3. The van der Waals surface area contributed by atoms with Gasteiger partial charge >= 0.3 is 0 Å². The molecule has 0 atom stereocenters. The van der Waals surface area contributed by atoms with Gasteiger partial charge in [-0.25, -0.2) is 0 Å². The highest BCUT2D eigenvalue weighted by Crippen LogP contribution is 2.34. The molecular weight excluding hydrogens is 260 g/mol. The molecule has 0 spiro atoms. The van der Waals surface area contributed by atoms with E-state index in [1.807, 2.05) is 17.9 Å². The molecule has 6 nitrogen and oxygen atoms in total. The van der Waals surface area contributed by atoms with Gasteiger partial charge in [-0.15, -0.1) is 0 Å². The number of aliphatic hydroxyl groups is 1. The Bertz CT molecular complexity index is 474. The van der Waals surface area contributed by atoms with Crippen LogP contribution in [-0.2, 0) is 0 Å². The molecule has 1 aromatic rings. The molecule has 0 radical (unpaired) electrons. The molecule has 0 aliphatic heterocycles. The average molecular weight is 280 g/mol. The Balaban J connectivity index is 2.33. The Hall–Kier alpha value is -1.82. The molecule has 1 N–H and O–H groups in total. The largest absolute Gasteiger partial charge is 0.494 e. The Morgan fingerprint density at radius 2 is 2.20 bits per heavy atom. The fraction of sp³-hybridized carbons (Fsp3) is 0.571. The summed E-state index contributed by atoms with van der Waals surface area (Å²) < 4.78 is 5.40. The molecule has 1 aromatic carbocycles. The maximum atomic E-state index is 11.0. The molecule has 1 aliphatic carbocycles. The van der Waals surface area contributed by atoms with Gasteiger partial charge in [0.05, 0.1) is 24.2 Å². The first-order valence-corrected chi connectivity index (χ1v) is 6.95. The van der Waals surface area contributed by atoms with Gasteiger partial charge in [0.15, 0.2) is 0 Å². The predicted octanol–water partition coefficient (Wildman–Crippen LogP) is 2.34. The lowest BCUT2D eigenvalue weighted by molar-refractivity contribution is -0.384. The Morgan fingerprint density at radius 3 is 2.70 bits per heavy atom. The third-order valence-corrected chi connectivity index (χ3v) is 3.59. The highest BCUT2D eigenvalue weighted by Gasteiger charge is 2.26. The Morgan fingerprint density at radius 1 is 1.45 bits per heavy atom. The summed E-state index contributed by atoms with van der Waals surface area (Å²) in [6.45, 7) is 2.82. The summed E-state index contributed by atoms with van der Waals surface area (Å²) in [6, 6.07) is 5.16. The van der Waals surface area contributed by atoms with Crippen LogP contribution in [-0.4, -0.2) is 35.8 Å². The number of anilines is 1. The van der Waals surface area contributed by atoms with Gasteiger partial charge in [-0.1, -0.05) is 0 Å². The molecule has 0 saturated heterocycles. The molecule has 1 aliphatic rings. The van der Waals surface area contributed by atoms with E-state index in [4.69, 9.17) is 4.74 Å². The van der Waals surface area contributed by atoms with E-state index in [1.165, 1.54) is 12.5 Å². The van der Waals surface area contributed by atoms with Gasteiger partial charge in [0.1, 0.15) is 5.75 Å². The summed E-state index contributed by atoms with van der Waals surface area (Å²) in [5.74, 6) is 0.499. The third-order valence-electron chi connectivity index (χ3n) is 3.59. The van der Waals surface area contributed by atoms with E-state index in [1.54, 1.807) is 6.07 Å². The molecule has 6 heteroatoms. The summed E-state index contributed by atoms with van der Waals surface area (Å²) in [5.41, 5.74) is 0.773. The molecule has 0 aromatic heterocycles. The van der Waals surface area contributed by atoms with Crippen molar-refractivity contribution < 1.29 is 14.8 Å². The number of non-ortho nitro benzene ring substituents is 1. The van der Waals surface area contributed by atoms with Gasteiger partial charge in [0.25, 0.3) is 5.69 Å². The molecule has 0 bridgehead atoms. The Kier molecular flexibility index (Phi) is 4.79. The van der Waals surface area contributed by atoms with E-state index < -0.39 is 4.92 Å². The summed E-state index contributed by atoms with van der Waals surface area (Å²) in [5, 5.41) is 20.2. The lowest BCUT2D eigenvalue weighted by Gasteiger charge is -2.39. The molecule has 1 saturated carbocycles. The van der Waals surface area contributed by atoms with Crippen LogP contribution in [0.3, 0.4) is 0 Å². The number of hydrogen-bond donors (Lipinski definition) is 1. The van der Waals surface area contributed by atoms with Crippen molar-refractivity contribution in [3.63, 3.8) is 0 Å². The van der Waals surface area contributed by atoms with E-state index in [2.05, 4.69) is 0 Å². The molecule has 0 heterocycles. The first kappa shape index (κ1) is 14.6. The highest BCUT2D eigenvalue weighted by molar-refractivity contribution is 5.59. The quantitative estimate of drug-likeness (QED) is 0.613. The number of benzene rings is 1. The number of rotatable bonds is 7. The maximum absolute atomic E-state index is 11.0. The minimum Gasteiger partial charge on any atom is -0.494 e. The first-order valence-electron chi connectivity index (χ1n) is 6.95. The third kappa shape index (κ3) is 3.19. The predicted molar refractivity (Wildman–Crippen MR) is 76.3 cm³/mol. The molecule has 110 valence electrons. The van der Waals surface area contributed by atoms with Crippen molar-refractivity contribution in [3.05, 3.63) is 28.3 Å². The van der Waals surface area contributed by atoms with E-state index in [0.717, 1.165) is 18.5 Å². The van der Waals surface area contributed by atoms with Gasteiger partial charge in [0.2, 0.25) is 0 Å². The van der Waals surface area contributed by atoms with Crippen LogP contribution >= 0.6 is 0 Å². The minimum atomic E-state index is -0.413. The van der Waals surface area contributed by atoms with Crippen molar-refractivity contribution in [3.8, 4) is 5.75 Å². The van der Waals surface area contributed by atoms with Crippen molar-refractivity contribution in [1.29, 1.82) is 0 Å². The Labute approximate surface area is 118 Å². The van der Waals surface area contributed by atoms with Crippen LogP contribution in [0.15, 0.2) is 18.2 Å². The van der Waals surface area contributed by atoms with Crippen LogP contribution < -0.4 is 9.64 Å². The summed E-state index contributed by atoms with van der Waals surface area (Å²) in [7, 11) is 0. The lowest BCUT2D eigenvalue weighted by Crippen LogP contribution is -2.42. The summed E-state index contributed by atoms with van der Waals surface area (Å²) in [6.07, 6.45) is 3.29. The molecular formula is C14H20N2O4. The van der Waals surface area contributed by atoms with E-state index >= 15 is 0 Å². The van der Waals surface area contributed by atoms with Crippen LogP contribution in [0, 0.1) is 10.1 Å². The van der Waals surface area contributed by atoms with Crippen LogP contribution in [0.2, 0.25) is 0 Å². The molecule has 2 rings (SSSR count). The first-order chi connectivity index (χ1) is 9.65. The maximum Gasteiger partial charge on any atom is 0.275 e. The smallest absolute Gasteiger partial charge is 0.275 e. The van der Waals surface area contributed by atoms with Gasteiger partial charge < -0.3 is 14.7 Å². The fourth-order valence-electron chi connectivity index (χ4n) is 2.42. The van der Waals surface area contributed by atoms with E-state index in [9.17, 15) is 15.2 Å².